The van der Waals surface area contributed by atoms with E-state index in [0.717, 1.165) is 5.92 Å². The van der Waals surface area contributed by atoms with E-state index < -0.39 is 0 Å². The third-order valence-corrected chi connectivity index (χ3v) is 6.30. The van der Waals surface area contributed by atoms with Crippen LogP contribution in [0.5, 0.6) is 0 Å². The minimum Gasteiger partial charge on any atom is -0.309 e. The van der Waals surface area contributed by atoms with Crippen molar-refractivity contribution in [2.24, 2.45) is 5.92 Å². The van der Waals surface area contributed by atoms with Crippen molar-refractivity contribution in [2.75, 3.05) is 6.54 Å². The van der Waals surface area contributed by atoms with Gasteiger partial charge in [0.05, 0.1) is 0 Å². The largest absolute Gasteiger partial charge is 0.309 e. The van der Waals surface area contributed by atoms with E-state index in [1.165, 1.54) is 64.3 Å². The van der Waals surface area contributed by atoms with Crippen LogP contribution in [0, 0.1) is 5.92 Å². The van der Waals surface area contributed by atoms with Gasteiger partial charge < -0.3 is 5.32 Å². The molecule has 1 atom stereocenters. The maximum absolute atomic E-state index is 3.79. The van der Waals surface area contributed by atoms with Gasteiger partial charge in [-0.25, -0.2) is 0 Å². The number of nitrogens with one attached hydrogen (secondary N) is 1. The maximum Gasteiger partial charge on any atom is 0.0386 e. The van der Waals surface area contributed by atoms with E-state index in [2.05, 4.69) is 29.6 Å². The molecule has 2 aliphatic carbocycles. The van der Waals surface area contributed by atoms with Gasteiger partial charge in [0.2, 0.25) is 0 Å². The van der Waals surface area contributed by atoms with Crippen LogP contribution >= 0.6 is 11.3 Å². The molecule has 1 heterocycles. The van der Waals surface area contributed by atoms with E-state index in [1.807, 2.05) is 0 Å². The molecule has 1 aromatic heterocycles. The Balaban J connectivity index is 1.54. The van der Waals surface area contributed by atoms with Gasteiger partial charge in [0, 0.05) is 15.8 Å². The first-order chi connectivity index (χ1) is 9.33. The van der Waals surface area contributed by atoms with Crippen molar-refractivity contribution >= 4 is 11.3 Å². The molecule has 0 spiro atoms. The molecule has 0 saturated heterocycles. The summed E-state index contributed by atoms with van der Waals surface area (Å²) in [5.41, 5.74) is 1.65. The fourth-order valence-corrected chi connectivity index (χ4v) is 4.85. The summed E-state index contributed by atoms with van der Waals surface area (Å²) in [5.74, 6) is 0.936. The number of hydrogen-bond acceptors (Lipinski definition) is 2. The first kappa shape index (κ1) is 13.6. The molecule has 1 aromatic rings. The summed E-state index contributed by atoms with van der Waals surface area (Å²) in [6, 6.07) is 3.04. The average Bonchev–Trinajstić information content (AvgIpc) is 2.90. The molecule has 2 heteroatoms. The summed E-state index contributed by atoms with van der Waals surface area (Å²) in [6.07, 6.45) is 12.7. The molecule has 1 saturated carbocycles. The van der Waals surface area contributed by atoms with E-state index in [9.17, 15) is 0 Å². The summed E-state index contributed by atoms with van der Waals surface area (Å²) in [5, 5.41) is 3.79. The lowest BCUT2D eigenvalue weighted by Crippen LogP contribution is -2.26. The predicted molar refractivity (Wildman–Crippen MR) is 84.0 cm³/mol. The quantitative estimate of drug-likeness (QED) is 0.829. The van der Waals surface area contributed by atoms with Crippen LogP contribution in [0.15, 0.2) is 6.07 Å². The molecule has 19 heavy (non-hydrogen) atoms. The molecule has 1 unspecified atom stereocenters. The van der Waals surface area contributed by atoms with E-state index >= 15 is 0 Å². The smallest absolute Gasteiger partial charge is 0.0386 e. The molecule has 1 N–H and O–H groups in total. The molecule has 1 fully saturated rings. The fraction of sp³-hybridized carbons (Fsp3) is 0.765. The normalized spacial score (nSPS) is 22.2. The second-order valence-electron chi connectivity index (χ2n) is 6.44. The zero-order valence-electron chi connectivity index (χ0n) is 12.2. The molecule has 0 amide bonds. The van der Waals surface area contributed by atoms with Gasteiger partial charge in [-0.15, -0.1) is 11.3 Å². The van der Waals surface area contributed by atoms with Crippen molar-refractivity contribution in [2.45, 2.75) is 70.8 Å². The number of hydrogen-bond donors (Lipinski definition) is 1. The topological polar surface area (TPSA) is 12.0 Å². The van der Waals surface area contributed by atoms with Gasteiger partial charge in [-0.05, 0) is 69.5 Å². The second kappa shape index (κ2) is 6.41. The lowest BCUT2D eigenvalue weighted by atomic mass is 9.89. The molecule has 3 rings (SSSR count). The summed E-state index contributed by atoms with van der Waals surface area (Å²) in [7, 11) is 0. The number of thiophene rings is 1. The summed E-state index contributed by atoms with van der Waals surface area (Å²) >= 11 is 2.07. The molecule has 1 nitrogen and oxygen atoms in total. The Morgan fingerprint density at radius 2 is 1.95 bits per heavy atom. The molecular formula is C17H27NS. The van der Waals surface area contributed by atoms with Crippen LogP contribution < -0.4 is 5.32 Å². The van der Waals surface area contributed by atoms with Crippen LogP contribution in [0.1, 0.15) is 73.2 Å². The monoisotopic (exact) mass is 277 g/mol. The minimum absolute atomic E-state index is 0.553. The fourth-order valence-electron chi connectivity index (χ4n) is 3.56. The van der Waals surface area contributed by atoms with Gasteiger partial charge in [-0.1, -0.05) is 19.3 Å². The van der Waals surface area contributed by atoms with Crippen molar-refractivity contribution in [3.63, 3.8) is 0 Å². The number of aryl methyl sites for hydroxylation is 2. The third-order valence-electron chi connectivity index (χ3n) is 4.88. The van der Waals surface area contributed by atoms with Crippen LogP contribution in [0.3, 0.4) is 0 Å². The van der Waals surface area contributed by atoms with Crippen molar-refractivity contribution in [1.29, 1.82) is 0 Å². The van der Waals surface area contributed by atoms with Crippen LogP contribution in [0.25, 0.3) is 0 Å². The zero-order chi connectivity index (χ0) is 13.1. The molecule has 0 aliphatic heterocycles. The van der Waals surface area contributed by atoms with E-state index in [0.29, 0.717) is 6.04 Å². The Kier molecular flexibility index (Phi) is 4.60. The average molecular weight is 277 g/mol. The van der Waals surface area contributed by atoms with Crippen molar-refractivity contribution in [3.05, 3.63) is 21.4 Å². The first-order valence-electron chi connectivity index (χ1n) is 8.18. The van der Waals surface area contributed by atoms with Gasteiger partial charge in [-0.2, -0.15) is 0 Å². The summed E-state index contributed by atoms with van der Waals surface area (Å²) in [4.78, 5) is 3.25. The van der Waals surface area contributed by atoms with Crippen LogP contribution in [0.2, 0.25) is 0 Å². The van der Waals surface area contributed by atoms with Gasteiger partial charge in [0.15, 0.2) is 0 Å². The Morgan fingerprint density at radius 3 is 2.74 bits per heavy atom. The van der Waals surface area contributed by atoms with Gasteiger partial charge in [0.25, 0.3) is 0 Å². The van der Waals surface area contributed by atoms with E-state index in [-0.39, 0.29) is 0 Å². The third kappa shape index (κ3) is 3.41. The Labute approximate surface area is 121 Å². The van der Waals surface area contributed by atoms with Gasteiger partial charge in [-0.3, -0.25) is 0 Å². The molecule has 0 radical (unpaired) electrons. The van der Waals surface area contributed by atoms with Crippen molar-refractivity contribution in [3.8, 4) is 0 Å². The second-order valence-corrected chi connectivity index (χ2v) is 7.61. The van der Waals surface area contributed by atoms with Crippen molar-refractivity contribution in [1.82, 2.24) is 5.32 Å². The highest BCUT2D eigenvalue weighted by atomic mass is 32.1. The molecule has 106 valence electrons. The van der Waals surface area contributed by atoms with Crippen LogP contribution in [-0.2, 0) is 12.8 Å². The number of rotatable bonds is 4. The molecule has 2 aliphatic rings. The molecular weight excluding hydrogens is 250 g/mol. The first-order valence-corrected chi connectivity index (χ1v) is 8.99. The highest BCUT2D eigenvalue weighted by molar-refractivity contribution is 7.12. The van der Waals surface area contributed by atoms with E-state index in [1.54, 1.807) is 15.3 Å². The minimum atomic E-state index is 0.553. The van der Waals surface area contributed by atoms with Crippen LogP contribution in [0.4, 0.5) is 0 Å². The van der Waals surface area contributed by atoms with Gasteiger partial charge in [0.1, 0.15) is 0 Å². The summed E-state index contributed by atoms with van der Waals surface area (Å²) in [6.45, 7) is 3.57. The number of fused-ring (bicyclic) bond motifs is 1. The Hall–Kier alpha value is -0.340. The van der Waals surface area contributed by atoms with Gasteiger partial charge >= 0.3 is 0 Å². The SMILES string of the molecule is CC(NCC1CCCCC1)c1cc2c(s1)CCCC2. The molecule has 0 bridgehead atoms. The lowest BCUT2D eigenvalue weighted by molar-refractivity contribution is 0.332. The zero-order valence-corrected chi connectivity index (χ0v) is 13.0. The predicted octanol–water partition coefficient (Wildman–Crippen LogP) is 4.86. The van der Waals surface area contributed by atoms with Crippen molar-refractivity contribution < 1.29 is 0 Å². The highest BCUT2D eigenvalue weighted by Crippen LogP contribution is 2.33. The Bertz CT molecular complexity index is 380. The van der Waals surface area contributed by atoms with Crippen LogP contribution in [-0.4, -0.2) is 6.54 Å². The maximum atomic E-state index is 3.79. The standard InChI is InChI=1S/C17H27NS/c1-13(18-12-14-7-3-2-4-8-14)17-11-15-9-5-6-10-16(15)19-17/h11,13-14,18H,2-10,12H2,1H3. The molecule has 0 aromatic carbocycles. The summed E-state index contributed by atoms with van der Waals surface area (Å²) < 4.78 is 0. The van der Waals surface area contributed by atoms with E-state index in [4.69, 9.17) is 0 Å². The lowest BCUT2D eigenvalue weighted by Gasteiger charge is -2.23. The highest BCUT2D eigenvalue weighted by Gasteiger charge is 2.18. The Morgan fingerprint density at radius 1 is 1.16 bits per heavy atom.